The molecule has 0 spiro atoms. The molecule has 1 aliphatic heterocycles. The number of carbonyl (C=O) groups excluding carboxylic acids is 1. The minimum Gasteiger partial charge on any atom is -0.454 e. The predicted octanol–water partition coefficient (Wildman–Crippen LogP) is 3.18. The van der Waals surface area contributed by atoms with Crippen molar-refractivity contribution in [3.8, 4) is 22.3 Å². The van der Waals surface area contributed by atoms with E-state index < -0.39 is 6.03 Å². The molecule has 0 aliphatic carbocycles. The summed E-state index contributed by atoms with van der Waals surface area (Å²) in [7, 11) is 0. The fraction of sp³-hybridized carbons (Fsp3) is 0.200. The second kappa shape index (κ2) is 6.06. The van der Waals surface area contributed by atoms with Crippen LogP contribution in [0.25, 0.3) is 10.8 Å². The Bertz CT molecular complexity index is 951. The third-order valence-corrected chi connectivity index (χ3v) is 4.43. The second-order valence-corrected chi connectivity index (χ2v) is 6.41. The number of thiazole rings is 1. The Kier molecular flexibility index (Phi) is 3.73. The van der Waals surface area contributed by atoms with Gasteiger partial charge in [0.15, 0.2) is 11.5 Å². The van der Waals surface area contributed by atoms with Crippen molar-refractivity contribution in [3.05, 3.63) is 28.9 Å². The van der Waals surface area contributed by atoms with Crippen LogP contribution in [-0.2, 0) is 0 Å². The quantitative estimate of drug-likeness (QED) is 0.738. The first-order valence-corrected chi connectivity index (χ1v) is 8.16. The molecule has 128 valence electrons. The van der Waals surface area contributed by atoms with E-state index in [9.17, 15) is 4.79 Å². The van der Waals surface area contributed by atoms with E-state index in [-0.39, 0.29) is 12.8 Å². The maximum absolute atomic E-state index is 12.1. The summed E-state index contributed by atoms with van der Waals surface area (Å²) in [4.78, 5) is 17.2. The predicted molar refractivity (Wildman–Crippen MR) is 90.1 cm³/mol. The molecular weight excluding hydrogens is 346 g/mol. The molecule has 2 N–H and O–H groups in total. The van der Waals surface area contributed by atoms with E-state index in [1.165, 1.54) is 11.3 Å². The van der Waals surface area contributed by atoms with Gasteiger partial charge in [0.2, 0.25) is 6.79 Å². The maximum atomic E-state index is 12.1. The molecule has 0 radical (unpaired) electrons. The summed E-state index contributed by atoms with van der Waals surface area (Å²) in [6, 6.07) is 4.59. The number of hydrogen-bond donors (Lipinski definition) is 2. The van der Waals surface area contributed by atoms with Gasteiger partial charge in [-0.2, -0.15) is 0 Å². The van der Waals surface area contributed by atoms with E-state index >= 15 is 0 Å². The molecule has 9 nitrogen and oxygen atoms in total. The van der Waals surface area contributed by atoms with Crippen LogP contribution in [0.1, 0.15) is 10.7 Å². The average molecular weight is 359 g/mol. The molecule has 0 bridgehead atoms. The number of aromatic nitrogens is 3. The number of nitrogens with one attached hydrogen (secondary N) is 2. The zero-order chi connectivity index (χ0) is 17.4. The largest absolute Gasteiger partial charge is 0.454 e. The number of hydrogen-bond acceptors (Lipinski definition) is 8. The second-order valence-electron chi connectivity index (χ2n) is 5.21. The van der Waals surface area contributed by atoms with Crippen molar-refractivity contribution in [1.82, 2.24) is 15.2 Å². The summed E-state index contributed by atoms with van der Waals surface area (Å²) in [6.07, 6.45) is 0. The van der Waals surface area contributed by atoms with Crippen molar-refractivity contribution in [2.45, 2.75) is 13.8 Å². The number of nitrogens with zero attached hydrogens (tertiary/aromatic N) is 3. The van der Waals surface area contributed by atoms with Gasteiger partial charge in [-0.05, 0) is 26.0 Å². The molecule has 0 atom stereocenters. The lowest BCUT2D eigenvalue weighted by Crippen LogP contribution is -2.19. The van der Waals surface area contributed by atoms with E-state index in [0.29, 0.717) is 23.1 Å². The van der Waals surface area contributed by atoms with E-state index in [4.69, 9.17) is 13.9 Å². The minimum absolute atomic E-state index is 0.00121. The van der Waals surface area contributed by atoms with E-state index in [0.717, 1.165) is 15.6 Å². The van der Waals surface area contributed by atoms with Gasteiger partial charge in [-0.25, -0.2) is 9.78 Å². The van der Waals surface area contributed by atoms with Crippen LogP contribution >= 0.6 is 11.3 Å². The number of fused-ring (bicyclic) bond motifs is 1. The summed E-state index contributed by atoms with van der Waals surface area (Å²) in [5.41, 5.74) is 1.36. The highest BCUT2D eigenvalue weighted by Crippen LogP contribution is 2.34. The smallest absolute Gasteiger partial charge is 0.327 e. The number of urea groups is 1. The van der Waals surface area contributed by atoms with Crippen molar-refractivity contribution in [2.75, 3.05) is 17.4 Å². The van der Waals surface area contributed by atoms with Crippen LogP contribution in [0.2, 0.25) is 0 Å². The standard InChI is InChI=1S/C15H13N5O4S/c1-7-12(25-8(2)16-7)13-19-20-15(24-13)18-14(21)17-9-3-4-10-11(5-9)23-6-22-10/h3-5H,6H2,1-2H3,(H2,17,18,20,21). The topological polar surface area (TPSA) is 111 Å². The fourth-order valence-electron chi connectivity index (χ4n) is 2.33. The van der Waals surface area contributed by atoms with Crippen LogP contribution in [0, 0.1) is 13.8 Å². The highest BCUT2D eigenvalue weighted by molar-refractivity contribution is 7.15. The highest BCUT2D eigenvalue weighted by atomic mass is 32.1. The van der Waals surface area contributed by atoms with Crippen molar-refractivity contribution >= 4 is 29.1 Å². The lowest BCUT2D eigenvalue weighted by Gasteiger charge is -2.05. The molecule has 0 unspecified atom stereocenters. The Balaban J connectivity index is 1.44. The highest BCUT2D eigenvalue weighted by Gasteiger charge is 2.17. The van der Waals surface area contributed by atoms with Gasteiger partial charge >= 0.3 is 12.0 Å². The van der Waals surface area contributed by atoms with Crippen LogP contribution in [0.3, 0.4) is 0 Å². The van der Waals surface area contributed by atoms with E-state index in [1.807, 2.05) is 13.8 Å². The van der Waals surface area contributed by atoms with Gasteiger partial charge in [0.05, 0.1) is 10.7 Å². The zero-order valence-electron chi connectivity index (χ0n) is 13.3. The van der Waals surface area contributed by atoms with Crippen LogP contribution < -0.4 is 20.1 Å². The minimum atomic E-state index is -0.508. The van der Waals surface area contributed by atoms with Crippen molar-refractivity contribution < 1.29 is 18.7 Å². The molecular formula is C15H13N5O4S. The van der Waals surface area contributed by atoms with Crippen LogP contribution in [0.4, 0.5) is 16.5 Å². The van der Waals surface area contributed by atoms with Crippen molar-refractivity contribution in [3.63, 3.8) is 0 Å². The van der Waals surface area contributed by atoms with Gasteiger partial charge in [-0.3, -0.25) is 5.32 Å². The van der Waals surface area contributed by atoms with E-state index in [2.05, 4.69) is 25.8 Å². The first-order valence-electron chi connectivity index (χ1n) is 7.34. The molecule has 2 amide bonds. The first-order chi connectivity index (χ1) is 12.1. The Hall–Kier alpha value is -3.14. The normalized spacial score (nSPS) is 12.2. The molecule has 3 heterocycles. The Morgan fingerprint density at radius 2 is 2.00 bits per heavy atom. The number of amides is 2. The third-order valence-electron chi connectivity index (χ3n) is 3.37. The van der Waals surface area contributed by atoms with Crippen LogP contribution in [-0.4, -0.2) is 28.0 Å². The lowest BCUT2D eigenvalue weighted by atomic mass is 10.3. The summed E-state index contributed by atoms with van der Waals surface area (Å²) in [5.74, 6) is 1.54. The molecule has 1 aliphatic rings. The summed E-state index contributed by atoms with van der Waals surface area (Å²) in [5, 5.41) is 13.8. The van der Waals surface area contributed by atoms with Crippen LogP contribution in [0.15, 0.2) is 22.6 Å². The van der Waals surface area contributed by atoms with Gasteiger partial charge in [0.1, 0.15) is 4.88 Å². The molecule has 10 heteroatoms. The van der Waals surface area contributed by atoms with Gasteiger partial charge in [-0.1, -0.05) is 5.10 Å². The summed E-state index contributed by atoms with van der Waals surface area (Å²) >= 11 is 1.45. The number of aryl methyl sites for hydroxylation is 2. The van der Waals surface area contributed by atoms with E-state index in [1.54, 1.807) is 18.2 Å². The first kappa shape index (κ1) is 15.4. The van der Waals surface area contributed by atoms with Gasteiger partial charge < -0.3 is 19.2 Å². The number of ether oxygens (including phenoxy) is 2. The van der Waals surface area contributed by atoms with Gasteiger partial charge in [0.25, 0.3) is 5.89 Å². The summed E-state index contributed by atoms with van der Waals surface area (Å²) < 4.78 is 16.0. The van der Waals surface area contributed by atoms with Crippen LogP contribution in [0.5, 0.6) is 11.5 Å². The average Bonchev–Trinajstić information content (AvgIpc) is 3.27. The van der Waals surface area contributed by atoms with Gasteiger partial charge in [0, 0.05) is 11.8 Å². The Morgan fingerprint density at radius 3 is 2.80 bits per heavy atom. The fourth-order valence-corrected chi connectivity index (χ4v) is 3.17. The lowest BCUT2D eigenvalue weighted by molar-refractivity contribution is 0.174. The van der Waals surface area contributed by atoms with Gasteiger partial charge in [-0.15, -0.1) is 16.4 Å². The molecule has 1 aromatic carbocycles. The molecule has 2 aromatic heterocycles. The zero-order valence-corrected chi connectivity index (χ0v) is 14.1. The maximum Gasteiger partial charge on any atom is 0.327 e. The molecule has 3 aromatic rings. The number of anilines is 2. The summed E-state index contributed by atoms with van der Waals surface area (Å²) in [6.45, 7) is 3.93. The number of carbonyl (C=O) groups is 1. The van der Waals surface area contributed by atoms with Crippen molar-refractivity contribution in [2.24, 2.45) is 0 Å². The molecule has 0 saturated carbocycles. The Labute approximate surface area is 146 Å². The molecule has 4 rings (SSSR count). The monoisotopic (exact) mass is 359 g/mol. The SMILES string of the molecule is Cc1nc(C)c(-c2nnc(NC(=O)Nc3ccc4c(c3)OCO4)o2)s1. The Morgan fingerprint density at radius 1 is 1.16 bits per heavy atom. The molecule has 0 fully saturated rings. The number of benzene rings is 1. The molecule has 25 heavy (non-hydrogen) atoms. The molecule has 0 saturated heterocycles. The number of rotatable bonds is 3. The third kappa shape index (κ3) is 3.11. The van der Waals surface area contributed by atoms with Crippen molar-refractivity contribution in [1.29, 1.82) is 0 Å².